The van der Waals surface area contributed by atoms with E-state index in [2.05, 4.69) is 367 Å². The Morgan fingerprint density at radius 2 is 0.356 bits per heavy atom. The Morgan fingerprint density at radius 3 is 0.593 bits per heavy atom. The molecule has 0 atom stereocenters. The molecular formula is C108H66N6O2P2. The summed E-state index contributed by atoms with van der Waals surface area (Å²) in [5.74, 6) is 0. The van der Waals surface area contributed by atoms with Gasteiger partial charge in [-0.3, -0.25) is 0 Å². The van der Waals surface area contributed by atoms with E-state index in [-0.39, 0.29) is 0 Å². The SMILES string of the molecule is O=P1(c2ccccc2)c2cc(-c3cccc(-n4c5ccc(-n6c7ccccc7c7ccccc76)cc5c5cc(-n6c7ccccc7c7ccccc76)ccc54)c3)cc3c2-c2c1cc(-c1cccc(-n4c5ccc(-n6c7ccccc7c7ccccc76)cc5c5cc(-n6c7ccccc7c7ccccc76)ccc54)c1)cc2P3(=O)c1ccccc1. The minimum atomic E-state index is -3.75. The molecule has 118 heavy (non-hydrogen) atoms. The van der Waals surface area contributed by atoms with Crippen LogP contribution in [0.25, 0.3) is 198 Å². The van der Waals surface area contributed by atoms with Crippen LogP contribution >= 0.6 is 14.3 Å². The smallest absolute Gasteiger partial charge is 0.172 e. The number of aromatic nitrogens is 6. The second-order valence-electron chi connectivity index (χ2n) is 31.7. The van der Waals surface area contributed by atoms with Crippen molar-refractivity contribution >= 4 is 177 Å². The van der Waals surface area contributed by atoms with Gasteiger partial charge in [0, 0.05) is 142 Å². The van der Waals surface area contributed by atoms with Crippen LogP contribution in [0.15, 0.2) is 400 Å². The highest BCUT2D eigenvalue weighted by Gasteiger charge is 2.53. The number of benzene rings is 18. The maximum absolute atomic E-state index is 17.8. The predicted octanol–water partition coefficient (Wildman–Crippen LogP) is 25.2. The zero-order valence-electron chi connectivity index (χ0n) is 63.5. The molecule has 0 bridgehead atoms. The van der Waals surface area contributed by atoms with Crippen LogP contribution in [0.3, 0.4) is 0 Å². The monoisotopic (exact) mass is 1540 g/mol. The molecule has 26 rings (SSSR count). The molecule has 8 heterocycles. The van der Waals surface area contributed by atoms with Gasteiger partial charge in [-0.25, -0.2) is 0 Å². The van der Waals surface area contributed by atoms with Crippen LogP contribution in [0.4, 0.5) is 0 Å². The quantitative estimate of drug-likeness (QED) is 0.128. The van der Waals surface area contributed by atoms with E-state index in [9.17, 15) is 0 Å². The lowest BCUT2D eigenvalue weighted by Crippen LogP contribution is -2.28. The second kappa shape index (κ2) is 24.4. The van der Waals surface area contributed by atoms with Crippen molar-refractivity contribution in [3.05, 3.63) is 400 Å². The van der Waals surface area contributed by atoms with Crippen molar-refractivity contribution < 1.29 is 9.13 Å². The van der Waals surface area contributed by atoms with E-state index in [1.807, 2.05) is 60.7 Å². The van der Waals surface area contributed by atoms with Crippen LogP contribution in [0, 0.1) is 0 Å². The van der Waals surface area contributed by atoms with Crippen LogP contribution in [-0.2, 0) is 9.13 Å². The van der Waals surface area contributed by atoms with Gasteiger partial charge in [0.2, 0.25) is 0 Å². The van der Waals surface area contributed by atoms with Gasteiger partial charge in [0.25, 0.3) is 0 Å². The van der Waals surface area contributed by atoms with Gasteiger partial charge in [-0.15, -0.1) is 0 Å². The van der Waals surface area contributed by atoms with Gasteiger partial charge in [0.05, 0.1) is 66.2 Å². The van der Waals surface area contributed by atoms with Crippen molar-refractivity contribution in [1.29, 1.82) is 0 Å². The summed E-state index contributed by atoms with van der Waals surface area (Å²) >= 11 is 0. The Labute approximate surface area is 676 Å². The van der Waals surface area contributed by atoms with E-state index in [1.165, 1.54) is 43.1 Å². The highest BCUT2D eigenvalue weighted by Crippen LogP contribution is 2.62. The molecule has 0 saturated heterocycles. The second-order valence-corrected chi connectivity index (χ2v) is 37.1. The van der Waals surface area contributed by atoms with Crippen LogP contribution in [0.1, 0.15) is 0 Å². The molecule has 18 aromatic carbocycles. The molecular weight excluding hydrogens is 1480 g/mol. The highest BCUT2D eigenvalue weighted by atomic mass is 31.2. The van der Waals surface area contributed by atoms with Gasteiger partial charge < -0.3 is 36.5 Å². The molecule has 24 aromatic rings. The van der Waals surface area contributed by atoms with Gasteiger partial charge in [0.1, 0.15) is 0 Å². The number of fused-ring (bicyclic) bond motifs is 18. The first kappa shape index (κ1) is 65.6. The largest absolute Gasteiger partial charge is 0.309 e. The molecule has 0 unspecified atom stereocenters. The third kappa shape index (κ3) is 8.94. The maximum atomic E-state index is 17.8. The lowest BCUT2D eigenvalue weighted by atomic mass is 9.97. The van der Waals surface area contributed by atoms with Crippen LogP contribution < -0.4 is 31.8 Å². The molecule has 0 radical (unpaired) electrons. The zero-order valence-corrected chi connectivity index (χ0v) is 65.3. The van der Waals surface area contributed by atoms with Gasteiger partial charge in [0.15, 0.2) is 14.3 Å². The first-order valence-corrected chi connectivity index (χ1v) is 43.7. The van der Waals surface area contributed by atoms with E-state index in [1.54, 1.807) is 0 Å². The van der Waals surface area contributed by atoms with Crippen LogP contribution in [-0.4, -0.2) is 27.4 Å². The molecule has 8 nitrogen and oxygen atoms in total. The third-order valence-corrected chi connectivity index (χ3v) is 31.9. The number of rotatable bonds is 10. The minimum absolute atomic E-state index is 0.713. The Kier molecular flexibility index (Phi) is 13.6. The van der Waals surface area contributed by atoms with Crippen molar-refractivity contribution in [1.82, 2.24) is 27.4 Å². The number of nitrogens with zero attached hydrogens (tertiary/aromatic N) is 6. The Bertz CT molecular complexity index is 7550. The fourth-order valence-electron chi connectivity index (χ4n) is 20.7. The van der Waals surface area contributed by atoms with Crippen molar-refractivity contribution in [2.75, 3.05) is 0 Å². The topological polar surface area (TPSA) is 63.7 Å². The summed E-state index contributed by atoms with van der Waals surface area (Å²) in [5, 5.41) is 18.5. The van der Waals surface area contributed by atoms with E-state index < -0.39 is 14.3 Å². The Morgan fingerprint density at radius 1 is 0.153 bits per heavy atom. The summed E-state index contributed by atoms with van der Waals surface area (Å²) in [5.41, 5.74) is 24.8. The van der Waals surface area contributed by atoms with Crippen molar-refractivity contribution in [3.8, 4) is 67.5 Å². The summed E-state index contributed by atoms with van der Waals surface area (Å²) in [6, 6.07) is 144. The zero-order chi connectivity index (χ0) is 77.4. The lowest BCUT2D eigenvalue weighted by molar-refractivity contribution is 0.592. The van der Waals surface area contributed by atoms with Gasteiger partial charge in [-0.2, -0.15) is 0 Å². The van der Waals surface area contributed by atoms with E-state index >= 15 is 9.13 Å². The summed E-state index contributed by atoms with van der Waals surface area (Å²) in [4.78, 5) is 0. The molecule has 0 spiro atoms. The van der Waals surface area contributed by atoms with E-state index in [0.717, 1.165) is 166 Å². The van der Waals surface area contributed by atoms with E-state index in [4.69, 9.17) is 0 Å². The first-order chi connectivity index (χ1) is 58.3. The Balaban J connectivity index is 0.650. The van der Waals surface area contributed by atoms with Crippen molar-refractivity contribution in [2.24, 2.45) is 0 Å². The molecule has 0 N–H and O–H groups in total. The average Bonchev–Trinajstić information content (AvgIpc) is 1.49. The van der Waals surface area contributed by atoms with E-state index in [0.29, 0.717) is 21.2 Å². The van der Waals surface area contributed by atoms with Gasteiger partial charge >= 0.3 is 0 Å². The summed E-state index contributed by atoms with van der Waals surface area (Å²) < 4.78 is 50.0. The lowest BCUT2D eigenvalue weighted by Gasteiger charge is -2.24. The van der Waals surface area contributed by atoms with Gasteiger partial charge in [-0.05, 0) is 192 Å². The summed E-state index contributed by atoms with van der Waals surface area (Å²) in [7, 11) is -7.50. The standard InChI is InChI=1S/C108H66N6O2P2/c115-117(77-29-3-1-4-30-77)103-59-69(67-25-23-27-71(57-67)109-99-53-49-73(111-91-41-15-7-33-79(91)80-34-8-16-42-92(80)111)63-87(99)88-64-74(50-54-100(88)109)112-93-43-17-9-35-81(93)82-36-10-18-44-94(82)112)61-105-107(103)108-104(117)60-70(62-106(108)118(105,116)78-31-5-2-6-32-78)68-26-24-28-72(58-68)110-101-55-51-75(113-95-45-19-11-37-83(95)84-38-12-20-46-96(84)113)65-89(101)90-66-76(52-56-102(90)110)114-97-47-21-13-39-85(97)86-40-14-22-48-98(86)114/h1-66H. The summed E-state index contributed by atoms with van der Waals surface area (Å²) in [6.45, 7) is 0. The number of hydrogen-bond donors (Lipinski definition) is 0. The summed E-state index contributed by atoms with van der Waals surface area (Å²) in [6.07, 6.45) is 0. The molecule has 0 saturated carbocycles. The Hall–Kier alpha value is -14.8. The molecule has 10 heteroatoms. The third-order valence-electron chi connectivity index (χ3n) is 25.7. The van der Waals surface area contributed by atoms with Gasteiger partial charge in [-0.1, -0.05) is 231 Å². The number of hydrogen-bond acceptors (Lipinski definition) is 2. The molecule has 0 aliphatic carbocycles. The molecule has 0 fully saturated rings. The van der Waals surface area contributed by atoms with Crippen LogP contribution in [0.5, 0.6) is 0 Å². The highest BCUT2D eigenvalue weighted by molar-refractivity contribution is 7.90. The van der Waals surface area contributed by atoms with Crippen LogP contribution in [0.2, 0.25) is 0 Å². The predicted molar refractivity (Wildman–Crippen MR) is 495 cm³/mol. The molecule has 550 valence electrons. The normalized spacial score (nSPS) is 13.5. The molecule has 2 aliphatic rings. The fourth-order valence-corrected chi connectivity index (χ4v) is 27.2. The average molecular weight is 1540 g/mol. The first-order valence-electron chi connectivity index (χ1n) is 40.3. The molecule has 2 aliphatic heterocycles. The number of para-hydroxylation sites is 8. The van der Waals surface area contributed by atoms with Crippen molar-refractivity contribution in [2.45, 2.75) is 0 Å². The molecule has 0 amide bonds. The fraction of sp³-hybridized carbons (Fsp3) is 0. The minimum Gasteiger partial charge on any atom is -0.309 e. The maximum Gasteiger partial charge on any atom is 0.172 e. The molecule has 6 aromatic heterocycles. The van der Waals surface area contributed by atoms with Crippen molar-refractivity contribution in [3.63, 3.8) is 0 Å².